The minimum absolute atomic E-state index is 0.236. The average Bonchev–Trinajstić information content (AvgIpc) is 2.88. The molecule has 3 aromatic carbocycles. The summed E-state index contributed by atoms with van der Waals surface area (Å²) in [7, 11) is 0. The third-order valence-corrected chi connectivity index (χ3v) is 5.74. The van der Waals surface area contributed by atoms with E-state index in [9.17, 15) is 14.4 Å². The smallest absolute Gasteiger partial charge is 0.331 e. The highest BCUT2D eigenvalue weighted by atomic mass is 16.2. The topological polar surface area (TPSA) is 73.1 Å². The molecule has 1 unspecified atom stereocenters. The molecule has 6 heteroatoms. The van der Waals surface area contributed by atoms with Crippen LogP contribution in [0.5, 0.6) is 0 Å². The Kier molecular flexibility index (Phi) is 7.50. The van der Waals surface area contributed by atoms with Crippen LogP contribution >= 0.6 is 0 Å². The quantitative estimate of drug-likeness (QED) is 0.421. The van der Waals surface area contributed by atoms with E-state index in [1.54, 1.807) is 0 Å². The van der Waals surface area contributed by atoms with Crippen LogP contribution in [-0.2, 0) is 24.3 Å². The van der Waals surface area contributed by atoms with Crippen LogP contribution in [0.1, 0.15) is 29.2 Å². The molecule has 4 aromatic rings. The molecule has 34 heavy (non-hydrogen) atoms. The van der Waals surface area contributed by atoms with Crippen LogP contribution < -0.4 is 16.6 Å². The van der Waals surface area contributed by atoms with E-state index in [4.69, 9.17) is 0 Å². The van der Waals surface area contributed by atoms with Crippen molar-refractivity contribution in [3.63, 3.8) is 0 Å². The molecule has 1 aromatic heterocycles. The Morgan fingerprint density at radius 3 is 2.00 bits per heavy atom. The first kappa shape index (κ1) is 23.0. The van der Waals surface area contributed by atoms with Crippen molar-refractivity contribution < 1.29 is 4.79 Å². The van der Waals surface area contributed by atoms with Crippen molar-refractivity contribution in [2.45, 2.75) is 32.0 Å². The summed E-state index contributed by atoms with van der Waals surface area (Å²) < 4.78 is 2.42. The third kappa shape index (κ3) is 5.98. The van der Waals surface area contributed by atoms with Gasteiger partial charge in [-0.25, -0.2) is 4.79 Å². The molecule has 0 spiro atoms. The fourth-order valence-corrected chi connectivity index (χ4v) is 3.95. The fraction of sp³-hybridized carbons (Fsp3) is 0.179. The van der Waals surface area contributed by atoms with Gasteiger partial charge in [0.15, 0.2) is 0 Å². The third-order valence-electron chi connectivity index (χ3n) is 5.74. The maximum atomic E-state index is 13.0. The van der Waals surface area contributed by atoms with Crippen LogP contribution in [0.25, 0.3) is 0 Å². The standard InChI is InChI=1S/C28H27N3O3/c32-26(21-31-27(33)18-19-30(28(31)34)20-23-12-6-2-7-13-23)29-25(24-14-8-3-9-15-24)17-16-22-10-4-1-5-11-22/h1-15,18-19,25H,16-17,20-21H2,(H,29,32). The van der Waals surface area contributed by atoms with Gasteiger partial charge in [0.2, 0.25) is 5.91 Å². The van der Waals surface area contributed by atoms with Gasteiger partial charge in [-0.3, -0.25) is 18.7 Å². The molecule has 1 atom stereocenters. The van der Waals surface area contributed by atoms with Crippen molar-refractivity contribution in [1.29, 1.82) is 0 Å². The van der Waals surface area contributed by atoms with Gasteiger partial charge in [0.05, 0.1) is 12.6 Å². The maximum absolute atomic E-state index is 13.0. The number of aromatic nitrogens is 2. The predicted molar refractivity (Wildman–Crippen MR) is 133 cm³/mol. The first-order chi connectivity index (χ1) is 16.6. The average molecular weight is 454 g/mol. The van der Waals surface area contributed by atoms with Crippen LogP contribution in [0.3, 0.4) is 0 Å². The Hall–Kier alpha value is -4.19. The molecule has 6 nitrogen and oxygen atoms in total. The van der Waals surface area contributed by atoms with Crippen LogP contribution in [0.15, 0.2) is 113 Å². The predicted octanol–water partition coefficient (Wildman–Crippen LogP) is 3.55. The monoisotopic (exact) mass is 453 g/mol. The molecule has 0 aliphatic rings. The van der Waals surface area contributed by atoms with E-state index in [0.29, 0.717) is 13.0 Å². The van der Waals surface area contributed by atoms with E-state index < -0.39 is 11.2 Å². The molecule has 0 bridgehead atoms. The number of nitrogens with zero attached hydrogens (tertiary/aromatic N) is 2. The Bertz CT molecular complexity index is 1330. The van der Waals surface area contributed by atoms with Crippen molar-refractivity contribution in [3.05, 3.63) is 141 Å². The molecule has 172 valence electrons. The maximum Gasteiger partial charge on any atom is 0.331 e. The Morgan fingerprint density at radius 2 is 1.35 bits per heavy atom. The molecule has 0 aliphatic heterocycles. The van der Waals surface area contributed by atoms with E-state index in [2.05, 4.69) is 17.4 Å². The Morgan fingerprint density at radius 1 is 0.765 bits per heavy atom. The van der Waals surface area contributed by atoms with Crippen molar-refractivity contribution in [1.82, 2.24) is 14.5 Å². The lowest BCUT2D eigenvalue weighted by atomic mass is 9.99. The normalized spacial score (nSPS) is 11.6. The summed E-state index contributed by atoms with van der Waals surface area (Å²) in [5, 5.41) is 3.03. The Labute approximate surface area is 198 Å². The SMILES string of the molecule is O=C(Cn1c(=O)ccn(Cc2ccccc2)c1=O)NC(CCc1ccccc1)c1ccccc1. The van der Waals surface area contributed by atoms with E-state index in [-0.39, 0.29) is 18.5 Å². The number of rotatable bonds is 9. The van der Waals surface area contributed by atoms with Crippen molar-refractivity contribution in [2.75, 3.05) is 0 Å². The van der Waals surface area contributed by atoms with Gasteiger partial charge in [0.1, 0.15) is 6.54 Å². The van der Waals surface area contributed by atoms with Gasteiger partial charge >= 0.3 is 5.69 Å². The summed E-state index contributed by atoms with van der Waals surface area (Å²) in [4.78, 5) is 38.3. The molecule has 1 heterocycles. The largest absolute Gasteiger partial charge is 0.348 e. The van der Waals surface area contributed by atoms with E-state index in [1.165, 1.54) is 22.4 Å². The number of carbonyl (C=O) groups is 1. The van der Waals surface area contributed by atoms with Crippen LogP contribution in [0, 0.1) is 0 Å². The molecule has 4 rings (SSSR count). The van der Waals surface area contributed by atoms with Gasteiger partial charge in [-0.1, -0.05) is 91.0 Å². The highest BCUT2D eigenvalue weighted by Crippen LogP contribution is 2.19. The molecule has 0 aliphatic carbocycles. The van der Waals surface area contributed by atoms with Gasteiger partial charge in [0, 0.05) is 12.3 Å². The number of hydrogen-bond donors (Lipinski definition) is 1. The second-order valence-corrected chi connectivity index (χ2v) is 8.19. The van der Waals surface area contributed by atoms with Gasteiger partial charge < -0.3 is 5.32 Å². The fourth-order valence-electron chi connectivity index (χ4n) is 3.95. The molecule has 0 radical (unpaired) electrons. The highest BCUT2D eigenvalue weighted by Gasteiger charge is 2.17. The molecule has 0 saturated heterocycles. The van der Waals surface area contributed by atoms with Gasteiger partial charge in [0.25, 0.3) is 5.56 Å². The second-order valence-electron chi connectivity index (χ2n) is 8.19. The van der Waals surface area contributed by atoms with Crippen molar-refractivity contribution >= 4 is 5.91 Å². The number of hydrogen-bond acceptors (Lipinski definition) is 3. The number of carbonyl (C=O) groups excluding carboxylic acids is 1. The molecule has 1 amide bonds. The molecular formula is C28H27N3O3. The Balaban J connectivity index is 1.50. The summed E-state index contributed by atoms with van der Waals surface area (Å²) >= 11 is 0. The second kappa shape index (κ2) is 11.1. The highest BCUT2D eigenvalue weighted by molar-refractivity contribution is 5.76. The lowest BCUT2D eigenvalue weighted by Gasteiger charge is -2.20. The molecular weight excluding hydrogens is 426 g/mol. The molecule has 0 fully saturated rings. The summed E-state index contributed by atoms with van der Waals surface area (Å²) in [6.07, 6.45) is 2.95. The zero-order valence-corrected chi connectivity index (χ0v) is 18.8. The first-order valence-electron chi connectivity index (χ1n) is 11.3. The van der Waals surface area contributed by atoms with Crippen molar-refractivity contribution in [2.24, 2.45) is 0 Å². The van der Waals surface area contributed by atoms with Gasteiger partial charge in [-0.15, -0.1) is 0 Å². The summed E-state index contributed by atoms with van der Waals surface area (Å²) in [6, 6.07) is 30.4. The number of benzene rings is 3. The number of aryl methyl sites for hydroxylation is 1. The zero-order valence-electron chi connectivity index (χ0n) is 18.8. The summed E-state index contributed by atoms with van der Waals surface area (Å²) in [5.74, 6) is -0.376. The van der Waals surface area contributed by atoms with Gasteiger partial charge in [-0.05, 0) is 29.5 Å². The zero-order chi connectivity index (χ0) is 23.8. The first-order valence-corrected chi connectivity index (χ1v) is 11.3. The van der Waals surface area contributed by atoms with Crippen LogP contribution in [-0.4, -0.2) is 15.0 Å². The summed E-state index contributed by atoms with van der Waals surface area (Å²) in [6.45, 7) is -0.00669. The lowest BCUT2D eigenvalue weighted by Crippen LogP contribution is -2.43. The summed E-state index contributed by atoms with van der Waals surface area (Å²) in [5.41, 5.74) is 2.09. The molecule has 0 saturated carbocycles. The number of nitrogens with one attached hydrogen (secondary N) is 1. The van der Waals surface area contributed by atoms with E-state index in [1.807, 2.05) is 78.9 Å². The van der Waals surface area contributed by atoms with Crippen LogP contribution in [0.2, 0.25) is 0 Å². The minimum Gasteiger partial charge on any atom is -0.348 e. The minimum atomic E-state index is -0.507. The van der Waals surface area contributed by atoms with E-state index >= 15 is 0 Å². The van der Waals surface area contributed by atoms with Crippen molar-refractivity contribution in [3.8, 4) is 0 Å². The molecule has 1 N–H and O–H groups in total. The lowest BCUT2D eigenvalue weighted by molar-refractivity contribution is -0.122. The van der Waals surface area contributed by atoms with Gasteiger partial charge in [-0.2, -0.15) is 0 Å². The van der Waals surface area contributed by atoms with E-state index in [0.717, 1.165) is 22.1 Å². The number of amides is 1. The van der Waals surface area contributed by atoms with Crippen LogP contribution in [0.4, 0.5) is 0 Å².